The lowest BCUT2D eigenvalue weighted by molar-refractivity contribution is 0.778. The monoisotopic (exact) mass is 434 g/mol. The van der Waals surface area contributed by atoms with Crippen LogP contribution in [0, 0.1) is 13.8 Å². The summed E-state index contributed by atoms with van der Waals surface area (Å²) in [7, 11) is 0. The highest BCUT2D eigenvalue weighted by molar-refractivity contribution is 14.1. The van der Waals surface area contributed by atoms with Crippen LogP contribution in [-0.4, -0.2) is 28.6 Å². The maximum absolute atomic E-state index is 4.78. The summed E-state index contributed by atoms with van der Waals surface area (Å²) >= 11 is 2.43. The fraction of sp³-hybridized carbons (Fsp3) is 0.412. The minimum atomic E-state index is 0.469. The lowest BCUT2D eigenvalue weighted by Gasteiger charge is -2.22. The third-order valence-electron chi connectivity index (χ3n) is 4.36. The van der Waals surface area contributed by atoms with Crippen LogP contribution in [-0.2, 0) is 19.3 Å². The molecule has 0 unspecified atom stereocenters. The fourth-order valence-electron chi connectivity index (χ4n) is 2.98. The van der Waals surface area contributed by atoms with E-state index in [9.17, 15) is 0 Å². The number of nitrogens with one attached hydrogen (secondary N) is 1. The van der Waals surface area contributed by atoms with Gasteiger partial charge in [-0.3, -0.25) is 4.98 Å². The number of anilines is 1. The van der Waals surface area contributed by atoms with E-state index in [1.165, 1.54) is 5.56 Å². The van der Waals surface area contributed by atoms with Gasteiger partial charge in [0.1, 0.15) is 5.82 Å². The molecule has 1 aliphatic rings. The first-order valence-corrected chi connectivity index (χ1v) is 9.42. The molecule has 1 aliphatic heterocycles. The SMILES string of the molecule is Cc1ncc(C)n2nc(CCc3ccc4c(n3)N[C@H](I)CC4)nc12. The Bertz CT molecular complexity index is 864. The summed E-state index contributed by atoms with van der Waals surface area (Å²) in [5.41, 5.74) is 5.15. The minimum absolute atomic E-state index is 0.469. The Labute approximate surface area is 154 Å². The molecule has 0 spiro atoms. The third-order valence-corrected chi connectivity index (χ3v) is 5.29. The first-order chi connectivity index (χ1) is 11.6. The van der Waals surface area contributed by atoms with Gasteiger partial charge in [0.05, 0.1) is 15.4 Å². The zero-order valence-electron chi connectivity index (χ0n) is 13.8. The van der Waals surface area contributed by atoms with Crippen molar-refractivity contribution >= 4 is 34.1 Å². The molecule has 4 heterocycles. The van der Waals surface area contributed by atoms with Crippen molar-refractivity contribution in [1.29, 1.82) is 0 Å². The molecule has 0 bridgehead atoms. The van der Waals surface area contributed by atoms with Crippen molar-refractivity contribution in [3.05, 3.63) is 46.8 Å². The number of fused-ring (bicyclic) bond motifs is 2. The summed E-state index contributed by atoms with van der Waals surface area (Å²) in [6.45, 7) is 3.96. The normalized spacial score (nSPS) is 16.9. The van der Waals surface area contributed by atoms with Crippen LogP contribution in [0.3, 0.4) is 0 Å². The minimum Gasteiger partial charge on any atom is -0.358 e. The van der Waals surface area contributed by atoms with Crippen LogP contribution >= 0.6 is 22.6 Å². The first kappa shape index (κ1) is 15.7. The summed E-state index contributed by atoms with van der Waals surface area (Å²) in [6.07, 6.45) is 5.70. The first-order valence-electron chi connectivity index (χ1n) is 8.17. The zero-order chi connectivity index (χ0) is 16.7. The predicted octanol–water partition coefficient (Wildman–Crippen LogP) is 3.04. The van der Waals surface area contributed by atoms with E-state index >= 15 is 0 Å². The van der Waals surface area contributed by atoms with Gasteiger partial charge in [-0.05, 0) is 44.7 Å². The van der Waals surface area contributed by atoms with Crippen molar-refractivity contribution < 1.29 is 0 Å². The van der Waals surface area contributed by atoms with E-state index in [2.05, 4.69) is 55.1 Å². The van der Waals surface area contributed by atoms with Crippen molar-refractivity contribution in [2.24, 2.45) is 0 Å². The number of aromatic nitrogens is 5. The topological polar surface area (TPSA) is 68.0 Å². The Morgan fingerprint density at radius 2 is 2.12 bits per heavy atom. The van der Waals surface area contributed by atoms with Gasteiger partial charge in [-0.15, -0.1) is 0 Å². The number of hydrogen-bond donors (Lipinski definition) is 1. The summed E-state index contributed by atoms with van der Waals surface area (Å²) in [5.74, 6) is 1.88. The van der Waals surface area contributed by atoms with Gasteiger partial charge in [0.25, 0.3) is 0 Å². The second kappa shape index (κ2) is 6.27. The number of halogens is 1. The molecule has 6 nitrogen and oxygen atoms in total. The summed E-state index contributed by atoms with van der Waals surface area (Å²) in [6, 6.07) is 4.32. The lowest BCUT2D eigenvalue weighted by atomic mass is 10.1. The summed E-state index contributed by atoms with van der Waals surface area (Å²) in [5, 5.41) is 8.08. The van der Waals surface area contributed by atoms with Gasteiger partial charge in [0, 0.05) is 18.3 Å². The molecule has 24 heavy (non-hydrogen) atoms. The number of nitrogens with zero attached hydrogens (tertiary/aromatic N) is 5. The van der Waals surface area contributed by atoms with Crippen LogP contribution < -0.4 is 5.32 Å². The van der Waals surface area contributed by atoms with E-state index in [-0.39, 0.29) is 0 Å². The molecule has 0 saturated heterocycles. The second-order valence-electron chi connectivity index (χ2n) is 6.21. The van der Waals surface area contributed by atoms with E-state index in [1.807, 2.05) is 24.6 Å². The maximum Gasteiger partial charge on any atom is 0.177 e. The lowest BCUT2D eigenvalue weighted by Crippen LogP contribution is -2.20. The molecule has 1 atom stereocenters. The molecule has 0 aliphatic carbocycles. The molecular formula is C17H19IN6. The Morgan fingerprint density at radius 3 is 2.96 bits per heavy atom. The Balaban J connectivity index is 1.54. The smallest absolute Gasteiger partial charge is 0.177 e. The Hall–Kier alpha value is -1.77. The standard InChI is InChI=1S/C17H19IN6/c1-10-9-19-11(2)17-22-15(23-24(10)17)8-6-13-5-3-12-4-7-14(18)21-16(12)20-13/h3,5,9,14H,4,6-8H2,1-2H3,(H,20,21)/t14-/m0/s1. The van der Waals surface area contributed by atoms with E-state index in [1.54, 1.807) is 0 Å². The van der Waals surface area contributed by atoms with Crippen molar-refractivity contribution in [3.63, 3.8) is 0 Å². The number of alkyl halides is 1. The largest absolute Gasteiger partial charge is 0.358 e. The van der Waals surface area contributed by atoms with Gasteiger partial charge < -0.3 is 5.32 Å². The zero-order valence-corrected chi connectivity index (χ0v) is 15.9. The van der Waals surface area contributed by atoms with Gasteiger partial charge in [0.15, 0.2) is 11.5 Å². The third kappa shape index (κ3) is 2.97. The highest BCUT2D eigenvalue weighted by Crippen LogP contribution is 2.26. The van der Waals surface area contributed by atoms with Crippen LogP contribution in [0.15, 0.2) is 18.3 Å². The number of hydrogen-bond acceptors (Lipinski definition) is 5. The Morgan fingerprint density at radius 1 is 1.25 bits per heavy atom. The van der Waals surface area contributed by atoms with Crippen molar-refractivity contribution in [2.75, 3.05) is 5.32 Å². The molecule has 124 valence electrons. The van der Waals surface area contributed by atoms with E-state index in [0.717, 1.165) is 60.1 Å². The van der Waals surface area contributed by atoms with E-state index < -0.39 is 0 Å². The maximum atomic E-state index is 4.78. The van der Waals surface area contributed by atoms with Crippen LogP contribution in [0.5, 0.6) is 0 Å². The van der Waals surface area contributed by atoms with Crippen LogP contribution in [0.25, 0.3) is 5.65 Å². The molecule has 0 radical (unpaired) electrons. The predicted molar refractivity (Wildman–Crippen MR) is 102 cm³/mol. The van der Waals surface area contributed by atoms with E-state index in [0.29, 0.717) is 4.05 Å². The molecule has 4 rings (SSSR count). The number of aryl methyl sites for hydroxylation is 5. The van der Waals surface area contributed by atoms with Crippen molar-refractivity contribution in [2.45, 2.75) is 43.6 Å². The highest BCUT2D eigenvalue weighted by atomic mass is 127. The molecule has 0 aromatic carbocycles. The van der Waals surface area contributed by atoms with Gasteiger partial charge in [-0.2, -0.15) is 5.10 Å². The number of rotatable bonds is 3. The summed E-state index contributed by atoms with van der Waals surface area (Å²) < 4.78 is 2.34. The highest BCUT2D eigenvalue weighted by Gasteiger charge is 2.16. The second-order valence-corrected chi connectivity index (χ2v) is 7.71. The van der Waals surface area contributed by atoms with Crippen molar-refractivity contribution in [1.82, 2.24) is 24.6 Å². The molecule has 7 heteroatoms. The molecule has 0 saturated carbocycles. The van der Waals surface area contributed by atoms with Crippen LogP contribution in [0.2, 0.25) is 0 Å². The number of pyridine rings is 1. The van der Waals surface area contributed by atoms with Crippen LogP contribution in [0.1, 0.15) is 34.9 Å². The summed E-state index contributed by atoms with van der Waals surface area (Å²) in [4.78, 5) is 13.8. The molecule has 0 fully saturated rings. The van der Waals surface area contributed by atoms with E-state index in [4.69, 9.17) is 4.98 Å². The quantitative estimate of drug-likeness (QED) is 0.390. The fourth-order valence-corrected chi connectivity index (χ4v) is 3.59. The van der Waals surface area contributed by atoms with Crippen molar-refractivity contribution in [3.8, 4) is 0 Å². The molecule has 3 aromatic rings. The van der Waals surface area contributed by atoms with Gasteiger partial charge in [-0.25, -0.2) is 14.5 Å². The van der Waals surface area contributed by atoms with Crippen LogP contribution in [0.4, 0.5) is 5.82 Å². The molecule has 0 amide bonds. The van der Waals surface area contributed by atoms with Gasteiger partial charge in [-0.1, -0.05) is 28.7 Å². The van der Waals surface area contributed by atoms with Gasteiger partial charge in [0.2, 0.25) is 0 Å². The molecular weight excluding hydrogens is 415 g/mol. The molecule has 1 N–H and O–H groups in total. The molecule has 3 aromatic heterocycles. The average Bonchev–Trinajstić information content (AvgIpc) is 3.01. The Kier molecular flexibility index (Phi) is 4.11. The van der Waals surface area contributed by atoms with Gasteiger partial charge >= 0.3 is 0 Å². The average molecular weight is 434 g/mol.